The van der Waals surface area contributed by atoms with Crippen molar-refractivity contribution in [2.24, 2.45) is 0 Å². The Bertz CT molecular complexity index is 630. The molecule has 1 atom stereocenters. The van der Waals surface area contributed by atoms with Crippen LogP contribution in [0.25, 0.3) is 0 Å². The van der Waals surface area contributed by atoms with Crippen molar-refractivity contribution in [3.8, 4) is 0 Å². The average Bonchev–Trinajstić information content (AvgIpc) is 2.56. The van der Waals surface area contributed by atoms with Crippen molar-refractivity contribution in [1.29, 1.82) is 0 Å². The quantitative estimate of drug-likeness (QED) is 0.901. The molecule has 3 rings (SSSR count). The molecule has 1 aromatic heterocycles. The highest BCUT2D eigenvalue weighted by Gasteiger charge is 2.20. The van der Waals surface area contributed by atoms with E-state index in [0.29, 0.717) is 11.5 Å². The van der Waals surface area contributed by atoms with Crippen molar-refractivity contribution in [3.05, 3.63) is 48.3 Å². The Labute approximate surface area is 128 Å². The maximum Gasteiger partial charge on any atom is 0.335 e. The van der Waals surface area contributed by atoms with Crippen LogP contribution >= 0.6 is 0 Å². The van der Waals surface area contributed by atoms with Gasteiger partial charge in [0.1, 0.15) is 0 Å². The van der Waals surface area contributed by atoms with Gasteiger partial charge in [-0.1, -0.05) is 0 Å². The van der Waals surface area contributed by atoms with Gasteiger partial charge in [0.05, 0.1) is 5.56 Å². The molecule has 2 aromatic rings. The lowest BCUT2D eigenvalue weighted by Crippen LogP contribution is -2.42. The largest absolute Gasteiger partial charge is 0.478 e. The maximum atomic E-state index is 10.9. The number of aromatic carboxylic acids is 1. The molecule has 114 valence electrons. The van der Waals surface area contributed by atoms with Crippen LogP contribution in [0.2, 0.25) is 0 Å². The summed E-state index contributed by atoms with van der Waals surface area (Å²) in [6.45, 7) is 1.82. The van der Waals surface area contributed by atoms with Gasteiger partial charge in [-0.3, -0.25) is 0 Å². The SMILES string of the molecule is O=C(O)c1ccc(N2CCCC(Nc3ncccn3)C2)cc1. The van der Waals surface area contributed by atoms with E-state index in [9.17, 15) is 4.79 Å². The highest BCUT2D eigenvalue weighted by Crippen LogP contribution is 2.21. The monoisotopic (exact) mass is 298 g/mol. The van der Waals surface area contributed by atoms with E-state index in [-0.39, 0.29) is 6.04 Å². The van der Waals surface area contributed by atoms with Crippen molar-refractivity contribution < 1.29 is 9.90 Å². The number of hydrogen-bond acceptors (Lipinski definition) is 5. The molecule has 6 heteroatoms. The maximum absolute atomic E-state index is 10.9. The van der Waals surface area contributed by atoms with Crippen molar-refractivity contribution in [2.75, 3.05) is 23.3 Å². The van der Waals surface area contributed by atoms with Crippen LogP contribution in [0.1, 0.15) is 23.2 Å². The summed E-state index contributed by atoms with van der Waals surface area (Å²) in [5.41, 5.74) is 1.36. The molecule has 1 aromatic carbocycles. The first-order valence-corrected chi connectivity index (χ1v) is 7.34. The number of nitrogens with one attached hydrogen (secondary N) is 1. The summed E-state index contributed by atoms with van der Waals surface area (Å²) < 4.78 is 0. The van der Waals surface area contributed by atoms with Crippen molar-refractivity contribution in [3.63, 3.8) is 0 Å². The van der Waals surface area contributed by atoms with E-state index in [2.05, 4.69) is 20.2 Å². The minimum Gasteiger partial charge on any atom is -0.478 e. The first-order chi connectivity index (χ1) is 10.7. The standard InChI is InChI=1S/C16H18N4O2/c21-15(22)12-4-6-14(7-5-12)20-10-1-3-13(11-20)19-16-17-8-2-9-18-16/h2,4-9,13H,1,3,10-11H2,(H,21,22)(H,17,18,19). The number of benzene rings is 1. The topological polar surface area (TPSA) is 78.4 Å². The van der Waals surface area contributed by atoms with Gasteiger partial charge >= 0.3 is 5.97 Å². The highest BCUT2D eigenvalue weighted by atomic mass is 16.4. The summed E-state index contributed by atoms with van der Waals surface area (Å²) in [4.78, 5) is 21.6. The molecular formula is C16H18N4O2. The molecular weight excluding hydrogens is 280 g/mol. The van der Waals surface area contributed by atoms with Gasteiger partial charge in [0.25, 0.3) is 0 Å². The van der Waals surface area contributed by atoms with Crippen molar-refractivity contribution >= 4 is 17.6 Å². The molecule has 1 aliphatic rings. The van der Waals surface area contributed by atoms with E-state index in [4.69, 9.17) is 5.11 Å². The Hall–Kier alpha value is -2.63. The summed E-state index contributed by atoms with van der Waals surface area (Å²) in [6, 6.07) is 9.11. The van der Waals surface area contributed by atoms with Crippen LogP contribution in [0.3, 0.4) is 0 Å². The molecule has 0 aliphatic carbocycles. The van der Waals surface area contributed by atoms with Crippen LogP contribution in [-0.2, 0) is 0 Å². The van der Waals surface area contributed by atoms with Crippen LogP contribution in [-0.4, -0.2) is 40.2 Å². The molecule has 1 fully saturated rings. The molecule has 1 unspecified atom stereocenters. The van der Waals surface area contributed by atoms with Crippen molar-refractivity contribution in [2.45, 2.75) is 18.9 Å². The fourth-order valence-electron chi connectivity index (χ4n) is 2.70. The third-order valence-electron chi connectivity index (χ3n) is 3.80. The van der Waals surface area contributed by atoms with Crippen LogP contribution in [0.4, 0.5) is 11.6 Å². The Morgan fingerprint density at radius 3 is 2.64 bits per heavy atom. The van der Waals surface area contributed by atoms with E-state index in [0.717, 1.165) is 31.6 Å². The van der Waals surface area contributed by atoms with E-state index in [1.807, 2.05) is 12.1 Å². The first-order valence-electron chi connectivity index (χ1n) is 7.34. The number of aromatic nitrogens is 2. The highest BCUT2D eigenvalue weighted by molar-refractivity contribution is 5.88. The average molecular weight is 298 g/mol. The van der Waals surface area contributed by atoms with Gasteiger partial charge in [0.15, 0.2) is 0 Å². The van der Waals surface area contributed by atoms with E-state index >= 15 is 0 Å². The lowest BCUT2D eigenvalue weighted by Gasteiger charge is -2.34. The van der Waals surface area contributed by atoms with Gasteiger partial charge < -0.3 is 15.3 Å². The Balaban J connectivity index is 1.66. The summed E-state index contributed by atoms with van der Waals surface area (Å²) in [6.07, 6.45) is 5.59. The number of carboxylic acids is 1. The molecule has 1 aliphatic heterocycles. The van der Waals surface area contributed by atoms with Gasteiger partial charge in [0, 0.05) is 37.2 Å². The summed E-state index contributed by atoms with van der Waals surface area (Å²) >= 11 is 0. The molecule has 0 saturated carbocycles. The van der Waals surface area contributed by atoms with Crippen molar-refractivity contribution in [1.82, 2.24) is 9.97 Å². The number of hydrogen-bond donors (Lipinski definition) is 2. The second-order valence-electron chi connectivity index (χ2n) is 5.35. The summed E-state index contributed by atoms with van der Waals surface area (Å²) in [5.74, 6) is -0.249. The normalized spacial score (nSPS) is 18.0. The van der Waals surface area contributed by atoms with Gasteiger partial charge in [-0.05, 0) is 43.2 Å². The Kier molecular flexibility index (Phi) is 4.18. The first kappa shape index (κ1) is 14.3. The van der Waals surface area contributed by atoms with Crippen LogP contribution in [0.5, 0.6) is 0 Å². The van der Waals surface area contributed by atoms with Crippen LogP contribution in [0.15, 0.2) is 42.7 Å². The molecule has 0 amide bonds. The zero-order chi connectivity index (χ0) is 15.4. The predicted molar refractivity (Wildman–Crippen MR) is 84.3 cm³/mol. The third kappa shape index (κ3) is 3.33. The summed E-state index contributed by atoms with van der Waals surface area (Å²) in [5, 5.41) is 12.3. The van der Waals surface area contributed by atoms with Crippen LogP contribution in [0, 0.1) is 0 Å². The Morgan fingerprint density at radius 2 is 1.95 bits per heavy atom. The molecule has 2 N–H and O–H groups in total. The number of carboxylic acid groups (broad SMARTS) is 1. The lowest BCUT2D eigenvalue weighted by molar-refractivity contribution is 0.0697. The zero-order valence-electron chi connectivity index (χ0n) is 12.1. The number of piperidine rings is 1. The van der Waals surface area contributed by atoms with E-state index in [1.165, 1.54) is 0 Å². The second-order valence-corrected chi connectivity index (χ2v) is 5.35. The summed E-state index contributed by atoms with van der Waals surface area (Å²) in [7, 11) is 0. The molecule has 2 heterocycles. The van der Waals surface area contributed by atoms with E-state index in [1.54, 1.807) is 30.6 Å². The lowest BCUT2D eigenvalue weighted by atomic mass is 10.0. The zero-order valence-corrected chi connectivity index (χ0v) is 12.1. The number of anilines is 2. The molecule has 6 nitrogen and oxygen atoms in total. The number of rotatable bonds is 4. The minimum atomic E-state index is -0.897. The van der Waals surface area contributed by atoms with Crippen LogP contribution < -0.4 is 10.2 Å². The minimum absolute atomic E-state index is 0.287. The fourth-order valence-corrected chi connectivity index (χ4v) is 2.70. The van der Waals surface area contributed by atoms with Gasteiger partial charge in [-0.15, -0.1) is 0 Å². The van der Waals surface area contributed by atoms with Gasteiger partial charge in [-0.25, -0.2) is 14.8 Å². The molecule has 22 heavy (non-hydrogen) atoms. The molecule has 0 bridgehead atoms. The second kappa shape index (κ2) is 6.43. The number of nitrogens with zero attached hydrogens (tertiary/aromatic N) is 3. The number of carbonyl (C=O) groups is 1. The third-order valence-corrected chi connectivity index (χ3v) is 3.80. The van der Waals surface area contributed by atoms with E-state index < -0.39 is 5.97 Å². The molecule has 0 spiro atoms. The molecule has 0 radical (unpaired) electrons. The van der Waals surface area contributed by atoms with Gasteiger partial charge in [-0.2, -0.15) is 0 Å². The molecule has 1 saturated heterocycles. The smallest absolute Gasteiger partial charge is 0.335 e. The van der Waals surface area contributed by atoms with Gasteiger partial charge in [0.2, 0.25) is 5.95 Å². The fraction of sp³-hybridized carbons (Fsp3) is 0.312. The predicted octanol–water partition coefficient (Wildman–Crippen LogP) is 2.26. The Morgan fingerprint density at radius 1 is 1.23 bits per heavy atom.